The van der Waals surface area contributed by atoms with Crippen LogP contribution in [-0.2, 0) is 9.59 Å². The maximum absolute atomic E-state index is 11.1. The number of carbonyl (C=O) groups is 2. The highest BCUT2D eigenvalue weighted by Gasteiger charge is 2.12. The van der Waals surface area contributed by atoms with Crippen LogP contribution in [0.5, 0.6) is 0 Å². The molecule has 0 saturated heterocycles. The van der Waals surface area contributed by atoms with E-state index in [0.29, 0.717) is 6.42 Å². The first kappa shape index (κ1) is 10.9. The Morgan fingerprint density at radius 1 is 1.33 bits per heavy atom. The predicted molar refractivity (Wildman–Crippen MR) is 46.3 cm³/mol. The molecular weight excluding hydrogens is 156 g/mol. The molecule has 70 valence electrons. The number of primary amides is 1. The average molecular weight is 172 g/mol. The van der Waals surface area contributed by atoms with E-state index in [9.17, 15) is 9.59 Å². The molecule has 1 atom stereocenters. The van der Waals surface area contributed by atoms with Crippen LogP contribution in [0.25, 0.3) is 0 Å². The van der Waals surface area contributed by atoms with E-state index in [4.69, 9.17) is 5.73 Å². The minimum Gasteiger partial charge on any atom is -0.370 e. The average Bonchev–Trinajstić information content (AvgIpc) is 1.84. The number of rotatable bonds is 4. The molecule has 2 amide bonds. The SMILES string of the molecule is C[C@@H](CC(N)=O)CC(=O)N(C)C. The third-order valence-electron chi connectivity index (χ3n) is 1.57. The zero-order valence-electron chi connectivity index (χ0n) is 7.83. The largest absolute Gasteiger partial charge is 0.370 e. The van der Waals surface area contributed by atoms with Gasteiger partial charge in [0.2, 0.25) is 11.8 Å². The van der Waals surface area contributed by atoms with E-state index >= 15 is 0 Å². The van der Waals surface area contributed by atoms with Gasteiger partial charge in [-0.25, -0.2) is 0 Å². The van der Waals surface area contributed by atoms with Crippen LogP contribution in [0.15, 0.2) is 0 Å². The van der Waals surface area contributed by atoms with Gasteiger partial charge in [-0.15, -0.1) is 0 Å². The second-order valence-electron chi connectivity index (χ2n) is 3.27. The first-order valence-corrected chi connectivity index (χ1v) is 3.92. The number of nitrogens with zero attached hydrogens (tertiary/aromatic N) is 1. The van der Waals surface area contributed by atoms with E-state index < -0.39 is 0 Å². The molecule has 12 heavy (non-hydrogen) atoms. The molecule has 0 rings (SSSR count). The molecule has 0 bridgehead atoms. The summed E-state index contributed by atoms with van der Waals surface area (Å²) in [5.74, 6) is -0.282. The standard InChI is InChI=1S/C8H16N2O2/c1-6(4-7(9)11)5-8(12)10(2)3/h6H,4-5H2,1-3H3,(H2,9,11)/t6-/m0/s1. The van der Waals surface area contributed by atoms with Crippen molar-refractivity contribution in [3.05, 3.63) is 0 Å². The molecule has 0 spiro atoms. The van der Waals surface area contributed by atoms with Gasteiger partial charge in [0.05, 0.1) is 0 Å². The van der Waals surface area contributed by atoms with Gasteiger partial charge >= 0.3 is 0 Å². The number of nitrogens with two attached hydrogens (primary N) is 1. The zero-order chi connectivity index (χ0) is 9.72. The summed E-state index contributed by atoms with van der Waals surface area (Å²) in [6.07, 6.45) is 0.662. The van der Waals surface area contributed by atoms with Crippen LogP contribution >= 0.6 is 0 Å². The topological polar surface area (TPSA) is 63.4 Å². The van der Waals surface area contributed by atoms with E-state index in [1.807, 2.05) is 6.92 Å². The van der Waals surface area contributed by atoms with Crippen LogP contribution < -0.4 is 5.73 Å². The Morgan fingerprint density at radius 2 is 1.83 bits per heavy atom. The van der Waals surface area contributed by atoms with Crippen molar-refractivity contribution in [2.45, 2.75) is 19.8 Å². The van der Waals surface area contributed by atoms with Gasteiger partial charge in [-0.2, -0.15) is 0 Å². The lowest BCUT2D eigenvalue weighted by molar-refractivity contribution is -0.129. The number of carbonyl (C=O) groups excluding carboxylic acids is 2. The first-order valence-electron chi connectivity index (χ1n) is 3.92. The maximum atomic E-state index is 11.1. The van der Waals surface area contributed by atoms with Crippen LogP contribution in [0.2, 0.25) is 0 Å². The lowest BCUT2D eigenvalue weighted by Gasteiger charge is -2.13. The van der Waals surface area contributed by atoms with Crippen molar-refractivity contribution in [2.75, 3.05) is 14.1 Å². The van der Waals surface area contributed by atoms with Crippen molar-refractivity contribution in [2.24, 2.45) is 11.7 Å². The zero-order valence-corrected chi connectivity index (χ0v) is 7.83. The van der Waals surface area contributed by atoms with Gasteiger partial charge in [0.15, 0.2) is 0 Å². The highest BCUT2D eigenvalue weighted by atomic mass is 16.2. The molecule has 0 aromatic rings. The van der Waals surface area contributed by atoms with Gasteiger partial charge in [0, 0.05) is 26.9 Å². The van der Waals surface area contributed by atoms with Gasteiger partial charge in [0.1, 0.15) is 0 Å². The Morgan fingerprint density at radius 3 is 2.17 bits per heavy atom. The Labute approximate surface area is 72.7 Å². The van der Waals surface area contributed by atoms with Crippen molar-refractivity contribution in [3.63, 3.8) is 0 Å². The summed E-state index contributed by atoms with van der Waals surface area (Å²) in [6, 6.07) is 0. The molecule has 0 saturated carbocycles. The predicted octanol–water partition coefficient (Wildman–Crippen LogP) is -0.0238. The second-order valence-corrected chi connectivity index (χ2v) is 3.27. The van der Waals surface area contributed by atoms with Gasteiger partial charge in [-0.1, -0.05) is 6.92 Å². The lowest BCUT2D eigenvalue weighted by Crippen LogP contribution is -2.25. The van der Waals surface area contributed by atoms with Gasteiger partial charge < -0.3 is 10.6 Å². The highest BCUT2D eigenvalue weighted by Crippen LogP contribution is 2.07. The third-order valence-corrected chi connectivity index (χ3v) is 1.57. The van der Waals surface area contributed by atoms with E-state index in [0.717, 1.165) is 0 Å². The fraction of sp³-hybridized carbons (Fsp3) is 0.750. The number of hydrogen-bond acceptors (Lipinski definition) is 2. The second kappa shape index (κ2) is 4.74. The summed E-state index contributed by atoms with van der Waals surface area (Å²) in [4.78, 5) is 23.1. The normalized spacial score (nSPS) is 12.2. The molecule has 0 aromatic carbocycles. The Kier molecular flexibility index (Phi) is 4.33. The minimum atomic E-state index is -0.353. The van der Waals surface area contributed by atoms with Crippen molar-refractivity contribution < 1.29 is 9.59 Å². The Hall–Kier alpha value is -1.06. The molecule has 0 unspecified atom stereocenters. The molecule has 0 aliphatic rings. The minimum absolute atomic E-state index is 0.0313. The van der Waals surface area contributed by atoms with Gasteiger partial charge in [-0.05, 0) is 5.92 Å². The Bertz CT molecular complexity index is 178. The summed E-state index contributed by atoms with van der Waals surface area (Å²) in [5.41, 5.74) is 4.98. The van der Waals surface area contributed by atoms with E-state index in [1.54, 1.807) is 14.1 Å². The van der Waals surface area contributed by atoms with E-state index in [2.05, 4.69) is 0 Å². The molecule has 0 heterocycles. The Balaban J connectivity index is 3.76. The third kappa shape index (κ3) is 4.71. The van der Waals surface area contributed by atoms with Crippen LogP contribution in [0, 0.1) is 5.92 Å². The van der Waals surface area contributed by atoms with Crippen LogP contribution in [0.3, 0.4) is 0 Å². The van der Waals surface area contributed by atoms with Crippen molar-refractivity contribution in [1.29, 1.82) is 0 Å². The fourth-order valence-electron chi connectivity index (χ4n) is 0.896. The molecule has 0 aliphatic carbocycles. The molecule has 4 nitrogen and oxygen atoms in total. The summed E-state index contributed by atoms with van der Waals surface area (Å²) >= 11 is 0. The first-order chi connectivity index (χ1) is 5.43. The van der Waals surface area contributed by atoms with Crippen molar-refractivity contribution in [1.82, 2.24) is 4.90 Å². The van der Waals surface area contributed by atoms with Crippen LogP contribution in [-0.4, -0.2) is 30.8 Å². The number of amides is 2. The summed E-state index contributed by atoms with van der Waals surface area (Å²) < 4.78 is 0. The summed E-state index contributed by atoms with van der Waals surface area (Å²) in [7, 11) is 3.39. The van der Waals surface area contributed by atoms with Crippen molar-refractivity contribution in [3.8, 4) is 0 Å². The quantitative estimate of drug-likeness (QED) is 0.647. The smallest absolute Gasteiger partial charge is 0.222 e. The molecule has 0 radical (unpaired) electrons. The maximum Gasteiger partial charge on any atom is 0.222 e. The summed E-state index contributed by atoms with van der Waals surface area (Å²) in [6.45, 7) is 1.84. The molecule has 2 N–H and O–H groups in total. The van der Waals surface area contributed by atoms with Gasteiger partial charge in [0.25, 0.3) is 0 Å². The lowest BCUT2D eigenvalue weighted by atomic mass is 10.0. The van der Waals surface area contributed by atoms with E-state index in [1.165, 1.54) is 4.90 Å². The van der Waals surface area contributed by atoms with Crippen LogP contribution in [0.4, 0.5) is 0 Å². The van der Waals surface area contributed by atoms with E-state index in [-0.39, 0.29) is 24.2 Å². The fourth-order valence-corrected chi connectivity index (χ4v) is 0.896. The molecule has 0 aromatic heterocycles. The van der Waals surface area contributed by atoms with Gasteiger partial charge in [-0.3, -0.25) is 9.59 Å². The molecule has 0 aliphatic heterocycles. The number of hydrogen-bond donors (Lipinski definition) is 1. The molecular formula is C8H16N2O2. The van der Waals surface area contributed by atoms with Crippen molar-refractivity contribution >= 4 is 11.8 Å². The monoisotopic (exact) mass is 172 g/mol. The molecule has 4 heteroatoms. The molecule has 0 fully saturated rings. The highest BCUT2D eigenvalue weighted by molar-refractivity contribution is 5.78. The van der Waals surface area contributed by atoms with Crippen LogP contribution in [0.1, 0.15) is 19.8 Å². The summed E-state index contributed by atoms with van der Waals surface area (Å²) in [5, 5.41) is 0.